The fourth-order valence-corrected chi connectivity index (χ4v) is 12.5. The lowest BCUT2D eigenvalue weighted by atomic mass is 9.85. The third kappa shape index (κ3) is 26.9. The molecule has 5 amide bonds. The molecule has 0 aliphatic carbocycles. The average Bonchev–Trinajstić information content (AvgIpc) is 1.61. The van der Waals surface area contributed by atoms with Crippen LogP contribution < -0.4 is 21.7 Å². The molecular weight excluding hydrogens is 1240 g/mol. The number of nitrogens with zero attached hydrogens (tertiary/aromatic N) is 4. The lowest BCUT2D eigenvalue weighted by Crippen LogP contribution is -2.57. The van der Waals surface area contributed by atoms with Crippen LogP contribution in [-0.4, -0.2) is 142 Å². The van der Waals surface area contributed by atoms with Gasteiger partial charge in [-0.25, -0.2) is 9.97 Å². The van der Waals surface area contributed by atoms with Gasteiger partial charge in [-0.1, -0.05) is 154 Å². The summed E-state index contributed by atoms with van der Waals surface area (Å²) in [4.78, 5) is 111. The van der Waals surface area contributed by atoms with E-state index in [1.807, 2.05) is 129 Å². The van der Waals surface area contributed by atoms with E-state index in [0.29, 0.717) is 19.3 Å². The molecule has 0 unspecified atom stereocenters. The zero-order valence-electron chi connectivity index (χ0n) is 55.5. The van der Waals surface area contributed by atoms with Crippen LogP contribution in [0.25, 0.3) is 20.9 Å². The number of carbonyl (C=O) groups excluding carboxylic acids is 5. The molecule has 2 saturated heterocycles. The molecule has 92 heavy (non-hydrogen) atoms. The highest BCUT2D eigenvalue weighted by atomic mass is 35.5. The van der Waals surface area contributed by atoms with Crippen molar-refractivity contribution >= 4 is 82.5 Å². The van der Waals surface area contributed by atoms with Crippen LogP contribution in [0.2, 0.25) is 0 Å². The number of aryl methyl sites for hydroxylation is 2. The number of halogens is 1. The summed E-state index contributed by atoms with van der Waals surface area (Å²) in [6, 6.07) is 12.3. The standard InChI is InChI=1S/C34H50N4O6S.C23H32N4O3S.C11H20O4.ClH/c1-22(24-15-17-25(18-16-24)30-23(2)35-21-45-30)36-32(43)27-19-26(39)20-38(27)33(44)31(34(3,4)5)37-28(40)13-11-9-7-6-8-10-12-14-29(41)42;1-13(15-6-8-16(9-7-15)19-14(2)25-12-31-19)26-21(29)18-10-17(28)11-27(18)22(30)20(24)23(3,4)5;12-10(13)8-6-4-2-1-3-5-7-9-11(14)15;/h15-18,21-22,26-27,31,39H,6-14,19-20H2,1-5H3,(H,36,43)(H,37,40)(H,41,42);6-9,12-13,17-18,20,28H,10-11,24H2,1-5H3,(H,26,29);1-9H2,(H,12,13)(H,14,15);1H/t22-,26+,27-,31+;13-,17+,18-,20+;;/m00../s1. The van der Waals surface area contributed by atoms with E-state index < -0.39 is 65.1 Å². The Morgan fingerprint density at radius 2 is 0.848 bits per heavy atom. The lowest BCUT2D eigenvalue weighted by Gasteiger charge is -2.35. The summed E-state index contributed by atoms with van der Waals surface area (Å²) in [6.07, 6.45) is 12.6. The number of aliphatic carboxylic acids is 3. The molecule has 24 heteroatoms. The number of aliphatic hydroxyl groups excluding tert-OH is 2. The summed E-state index contributed by atoms with van der Waals surface area (Å²) >= 11 is 3.18. The number of aromatic nitrogens is 2. The molecule has 0 radical (unpaired) electrons. The number of thiazole rings is 2. The number of nitrogens with one attached hydrogen (secondary N) is 3. The Hall–Kier alpha value is -6.37. The number of carboxylic acids is 3. The van der Waals surface area contributed by atoms with Crippen molar-refractivity contribution in [3.63, 3.8) is 0 Å². The molecular formula is C68H103ClN8O13S2. The second-order valence-electron chi connectivity index (χ2n) is 26.4. The Kier molecular flexibility index (Phi) is 34.2. The molecule has 10 N–H and O–H groups in total. The number of carbonyl (C=O) groups is 8. The van der Waals surface area contributed by atoms with E-state index in [0.717, 1.165) is 120 Å². The highest BCUT2D eigenvalue weighted by molar-refractivity contribution is 7.13. The van der Waals surface area contributed by atoms with Crippen LogP contribution in [0.1, 0.15) is 218 Å². The van der Waals surface area contributed by atoms with Gasteiger partial charge < -0.3 is 57.0 Å². The third-order valence-electron chi connectivity index (χ3n) is 16.5. The molecule has 2 fully saturated rings. The molecule has 21 nitrogen and oxygen atoms in total. The fourth-order valence-electron chi connectivity index (χ4n) is 10.9. The van der Waals surface area contributed by atoms with Gasteiger partial charge in [-0.3, -0.25) is 38.4 Å². The van der Waals surface area contributed by atoms with Gasteiger partial charge in [0.25, 0.3) is 0 Å². The smallest absolute Gasteiger partial charge is 0.303 e. The van der Waals surface area contributed by atoms with Gasteiger partial charge in [-0.15, -0.1) is 35.1 Å². The van der Waals surface area contributed by atoms with Crippen LogP contribution >= 0.6 is 35.1 Å². The van der Waals surface area contributed by atoms with Gasteiger partial charge in [-0.2, -0.15) is 0 Å². The first-order chi connectivity index (χ1) is 42.9. The van der Waals surface area contributed by atoms with E-state index in [1.165, 1.54) is 9.80 Å². The number of unbranched alkanes of at least 4 members (excludes halogenated alkanes) is 12. The van der Waals surface area contributed by atoms with Crippen molar-refractivity contribution in [1.82, 2.24) is 35.7 Å². The zero-order chi connectivity index (χ0) is 67.6. The van der Waals surface area contributed by atoms with Crippen molar-refractivity contribution < 1.29 is 63.9 Å². The number of hydrogen-bond donors (Lipinski definition) is 9. The first kappa shape index (κ1) is 79.9. The summed E-state index contributed by atoms with van der Waals surface area (Å²) in [5.74, 6) is -3.71. The molecule has 6 rings (SSSR count). The number of β-amino-alcohol motifs (C(OH)–C–C–N with tert-alkyl or cyclic N) is 2. The van der Waals surface area contributed by atoms with Crippen molar-refractivity contribution in [2.75, 3.05) is 13.1 Å². The number of aliphatic hydroxyl groups is 2. The molecule has 8 atom stereocenters. The predicted molar refractivity (Wildman–Crippen MR) is 362 cm³/mol. The van der Waals surface area contributed by atoms with Crippen molar-refractivity contribution in [3.8, 4) is 20.9 Å². The highest BCUT2D eigenvalue weighted by Crippen LogP contribution is 2.32. The van der Waals surface area contributed by atoms with E-state index in [9.17, 15) is 48.6 Å². The molecule has 2 aliphatic heterocycles. The average molecular weight is 1340 g/mol. The SMILES string of the molecule is Cc1ncsc1-c1ccc([C@H](C)NC(=O)[C@@H]2C[C@@H](O)CN2C(=O)[C@@H](N)C(C)(C)C)cc1.Cc1ncsc1-c1ccc([C@H](C)NC(=O)[C@@H]2C[C@@H](O)CN2C(=O)[C@@H](NC(=O)CCCCCCCCCC(=O)O)C(C)(C)C)cc1.Cl.O=C(O)CCCCCCCCCC(=O)O. The fraction of sp³-hybridized carbons (Fsp3) is 0.618. The second kappa shape index (κ2) is 39.4. The van der Waals surface area contributed by atoms with E-state index in [1.54, 1.807) is 22.7 Å². The number of nitrogens with two attached hydrogens (primary N) is 1. The van der Waals surface area contributed by atoms with Gasteiger partial charge in [0.2, 0.25) is 29.5 Å². The van der Waals surface area contributed by atoms with Gasteiger partial charge in [0.1, 0.15) is 18.1 Å². The molecule has 0 spiro atoms. The lowest BCUT2D eigenvalue weighted by molar-refractivity contribution is -0.144. The summed E-state index contributed by atoms with van der Waals surface area (Å²) in [7, 11) is 0. The predicted octanol–water partition coefficient (Wildman–Crippen LogP) is 11.1. The van der Waals surface area contributed by atoms with Crippen LogP contribution in [0.15, 0.2) is 59.6 Å². The molecule has 2 aliphatic rings. The second-order valence-corrected chi connectivity index (χ2v) is 28.1. The number of benzene rings is 2. The van der Waals surface area contributed by atoms with Crippen LogP contribution in [0.5, 0.6) is 0 Å². The highest BCUT2D eigenvalue weighted by Gasteiger charge is 2.45. The van der Waals surface area contributed by atoms with Crippen molar-refractivity contribution in [3.05, 3.63) is 82.1 Å². The molecule has 512 valence electrons. The Bertz CT molecular complexity index is 2940. The minimum absolute atomic E-state index is 0. The van der Waals surface area contributed by atoms with Gasteiger partial charge >= 0.3 is 17.9 Å². The van der Waals surface area contributed by atoms with Crippen LogP contribution in [0, 0.1) is 24.7 Å². The first-order valence-electron chi connectivity index (χ1n) is 32.2. The molecule has 0 saturated carbocycles. The Morgan fingerprint density at radius 1 is 0.522 bits per heavy atom. The van der Waals surface area contributed by atoms with Gasteiger partial charge in [0.05, 0.1) is 62.5 Å². The minimum atomic E-state index is -0.847. The monoisotopic (exact) mass is 1340 g/mol. The number of carboxylic acid groups (broad SMARTS) is 3. The van der Waals surface area contributed by atoms with E-state index >= 15 is 0 Å². The van der Waals surface area contributed by atoms with Crippen molar-refractivity contribution in [2.24, 2.45) is 16.6 Å². The summed E-state index contributed by atoms with van der Waals surface area (Å²) < 4.78 is 0. The first-order valence-corrected chi connectivity index (χ1v) is 33.9. The van der Waals surface area contributed by atoms with Crippen molar-refractivity contribution in [2.45, 2.75) is 246 Å². The quantitative estimate of drug-likeness (QED) is 0.0211. The number of likely N-dealkylation sites (tertiary alicyclic amines) is 2. The Morgan fingerprint density at radius 3 is 1.15 bits per heavy atom. The Balaban J connectivity index is 0.000000405. The number of amides is 5. The molecule has 2 aromatic heterocycles. The van der Waals surface area contributed by atoms with E-state index in [2.05, 4.69) is 25.9 Å². The molecule has 4 aromatic rings. The summed E-state index contributed by atoms with van der Waals surface area (Å²) in [5.41, 5.74) is 14.7. The van der Waals surface area contributed by atoms with Crippen LogP contribution in [0.3, 0.4) is 0 Å². The molecule has 4 heterocycles. The van der Waals surface area contributed by atoms with Crippen LogP contribution in [0.4, 0.5) is 0 Å². The number of hydrogen-bond acceptors (Lipinski definition) is 15. The maximum atomic E-state index is 13.8. The Labute approximate surface area is 557 Å². The molecule has 0 bridgehead atoms. The number of rotatable bonds is 31. The van der Waals surface area contributed by atoms with Gasteiger partial charge in [0, 0.05) is 51.6 Å². The maximum Gasteiger partial charge on any atom is 0.303 e. The largest absolute Gasteiger partial charge is 0.481 e. The normalized spacial score (nSPS) is 17.5. The summed E-state index contributed by atoms with van der Waals surface area (Å²) in [6.45, 7) is 19.2. The van der Waals surface area contributed by atoms with Gasteiger partial charge in [-0.05, 0) is 86.5 Å². The third-order valence-corrected chi connectivity index (χ3v) is 18.4. The van der Waals surface area contributed by atoms with Crippen molar-refractivity contribution in [1.29, 1.82) is 0 Å². The van der Waals surface area contributed by atoms with E-state index in [-0.39, 0.29) is 99.2 Å². The molecule has 2 aromatic carbocycles. The van der Waals surface area contributed by atoms with Gasteiger partial charge in [0.15, 0.2) is 0 Å². The van der Waals surface area contributed by atoms with E-state index in [4.69, 9.17) is 21.1 Å². The minimum Gasteiger partial charge on any atom is -0.481 e. The van der Waals surface area contributed by atoms with Crippen LogP contribution in [-0.2, 0) is 38.4 Å². The topological polar surface area (TPSA) is 332 Å². The maximum absolute atomic E-state index is 13.8. The zero-order valence-corrected chi connectivity index (χ0v) is 58.0. The summed E-state index contributed by atoms with van der Waals surface area (Å²) in [5, 5.41) is 55.0.